The number of nitrogens with zero attached hydrogens (tertiary/aromatic N) is 1. The predicted octanol–water partition coefficient (Wildman–Crippen LogP) is 1.61. The van der Waals surface area contributed by atoms with Gasteiger partial charge in [0.2, 0.25) is 5.91 Å². The van der Waals surface area contributed by atoms with Crippen LogP contribution in [-0.2, 0) is 11.4 Å². The van der Waals surface area contributed by atoms with E-state index in [-0.39, 0.29) is 17.3 Å². The van der Waals surface area contributed by atoms with E-state index in [9.17, 15) is 4.79 Å². The van der Waals surface area contributed by atoms with Crippen molar-refractivity contribution in [3.05, 3.63) is 59.9 Å². The lowest BCUT2D eigenvalue weighted by Crippen LogP contribution is -2.46. The molecule has 3 heterocycles. The SMILES string of the molecule is O=C1CSC(c2cccc(OCc3ccccn3)c2)C2CNNC2N1. The van der Waals surface area contributed by atoms with Crippen LogP contribution in [0.1, 0.15) is 16.5 Å². The minimum Gasteiger partial charge on any atom is -0.487 e. The van der Waals surface area contributed by atoms with E-state index in [1.165, 1.54) is 5.56 Å². The molecule has 2 saturated heterocycles. The average Bonchev–Trinajstić information content (AvgIpc) is 3.03. The number of rotatable bonds is 4. The van der Waals surface area contributed by atoms with Crippen LogP contribution in [0.4, 0.5) is 0 Å². The fourth-order valence-electron chi connectivity index (χ4n) is 3.21. The Balaban J connectivity index is 1.51. The number of hydrogen-bond donors (Lipinski definition) is 3. The van der Waals surface area contributed by atoms with E-state index in [0.29, 0.717) is 18.3 Å². The molecule has 3 N–H and O–H groups in total. The van der Waals surface area contributed by atoms with Gasteiger partial charge in [0.25, 0.3) is 0 Å². The Morgan fingerprint density at radius 2 is 2.20 bits per heavy atom. The van der Waals surface area contributed by atoms with Crippen molar-refractivity contribution < 1.29 is 9.53 Å². The highest BCUT2D eigenvalue weighted by molar-refractivity contribution is 8.00. The highest BCUT2D eigenvalue weighted by atomic mass is 32.2. The molecule has 0 spiro atoms. The summed E-state index contributed by atoms with van der Waals surface area (Å²) in [7, 11) is 0. The summed E-state index contributed by atoms with van der Waals surface area (Å²) >= 11 is 1.68. The van der Waals surface area contributed by atoms with E-state index in [0.717, 1.165) is 18.0 Å². The lowest BCUT2D eigenvalue weighted by atomic mass is 9.96. The molecule has 7 heteroatoms. The van der Waals surface area contributed by atoms with Crippen LogP contribution in [0.15, 0.2) is 48.7 Å². The standard InChI is InChI=1S/C18H20N4O2S/c23-16-11-25-17(15-9-20-22-18(15)21-16)12-4-3-6-14(8-12)24-10-13-5-1-2-7-19-13/h1-8,15,17-18,20,22H,9-11H2,(H,21,23). The molecule has 4 rings (SSSR count). The van der Waals surface area contributed by atoms with E-state index in [1.807, 2.05) is 30.3 Å². The largest absolute Gasteiger partial charge is 0.487 e. The van der Waals surface area contributed by atoms with Crippen molar-refractivity contribution in [3.63, 3.8) is 0 Å². The first-order valence-electron chi connectivity index (χ1n) is 8.31. The van der Waals surface area contributed by atoms with E-state index < -0.39 is 0 Å². The van der Waals surface area contributed by atoms with Crippen molar-refractivity contribution in [2.45, 2.75) is 18.0 Å². The fraction of sp³-hybridized carbons (Fsp3) is 0.333. The van der Waals surface area contributed by atoms with Gasteiger partial charge in [0.05, 0.1) is 17.6 Å². The molecule has 2 aromatic rings. The molecule has 25 heavy (non-hydrogen) atoms. The summed E-state index contributed by atoms with van der Waals surface area (Å²) in [6.45, 7) is 1.26. The van der Waals surface area contributed by atoms with Gasteiger partial charge in [-0.1, -0.05) is 18.2 Å². The Hall–Kier alpha value is -2.09. The molecule has 0 bridgehead atoms. The van der Waals surface area contributed by atoms with Crippen molar-refractivity contribution in [2.24, 2.45) is 5.92 Å². The highest BCUT2D eigenvalue weighted by Crippen LogP contribution is 2.40. The molecule has 1 aromatic heterocycles. The van der Waals surface area contributed by atoms with E-state index in [1.54, 1.807) is 18.0 Å². The Bertz CT molecular complexity index is 743. The van der Waals surface area contributed by atoms with Crippen molar-refractivity contribution >= 4 is 17.7 Å². The molecular formula is C18H20N4O2S. The van der Waals surface area contributed by atoms with Crippen molar-refractivity contribution in [1.29, 1.82) is 0 Å². The first kappa shape index (κ1) is 16.4. The summed E-state index contributed by atoms with van der Waals surface area (Å²) in [5, 5.41) is 3.26. The van der Waals surface area contributed by atoms with Crippen LogP contribution in [0, 0.1) is 5.92 Å². The van der Waals surface area contributed by atoms with Crippen LogP contribution in [-0.4, -0.2) is 29.4 Å². The van der Waals surface area contributed by atoms with Gasteiger partial charge in [0, 0.05) is 23.9 Å². The second-order valence-electron chi connectivity index (χ2n) is 6.15. The normalized spacial score (nSPS) is 25.8. The number of benzene rings is 1. The van der Waals surface area contributed by atoms with E-state index >= 15 is 0 Å². The summed E-state index contributed by atoms with van der Waals surface area (Å²) in [6.07, 6.45) is 1.73. The molecular weight excluding hydrogens is 336 g/mol. The number of pyridine rings is 1. The molecule has 0 saturated carbocycles. The lowest BCUT2D eigenvalue weighted by molar-refractivity contribution is -0.119. The van der Waals surface area contributed by atoms with Gasteiger partial charge in [0.15, 0.2) is 0 Å². The number of thioether (sulfide) groups is 1. The zero-order chi connectivity index (χ0) is 17.1. The smallest absolute Gasteiger partial charge is 0.231 e. The van der Waals surface area contributed by atoms with Crippen LogP contribution in [0.2, 0.25) is 0 Å². The Morgan fingerprint density at radius 3 is 3.08 bits per heavy atom. The van der Waals surface area contributed by atoms with Gasteiger partial charge in [-0.2, -0.15) is 0 Å². The number of aromatic nitrogens is 1. The molecule has 0 aliphatic carbocycles. The number of amides is 1. The van der Waals surface area contributed by atoms with Crippen LogP contribution in [0.25, 0.3) is 0 Å². The zero-order valence-electron chi connectivity index (χ0n) is 13.6. The maximum atomic E-state index is 11.9. The molecule has 2 fully saturated rings. The highest BCUT2D eigenvalue weighted by Gasteiger charge is 2.38. The molecule has 0 radical (unpaired) electrons. The minimum atomic E-state index is -0.0365. The molecule has 6 nitrogen and oxygen atoms in total. The number of fused-ring (bicyclic) bond motifs is 1. The van der Waals surface area contributed by atoms with Crippen LogP contribution in [0.3, 0.4) is 0 Å². The third-order valence-corrected chi connectivity index (χ3v) is 5.83. The molecule has 3 atom stereocenters. The van der Waals surface area contributed by atoms with Crippen molar-refractivity contribution in [3.8, 4) is 5.75 Å². The molecule has 1 amide bonds. The van der Waals surface area contributed by atoms with Crippen molar-refractivity contribution in [1.82, 2.24) is 21.2 Å². The minimum absolute atomic E-state index is 0.0365. The summed E-state index contributed by atoms with van der Waals surface area (Å²) < 4.78 is 5.90. The molecule has 130 valence electrons. The van der Waals surface area contributed by atoms with E-state index in [4.69, 9.17) is 4.74 Å². The Morgan fingerprint density at radius 1 is 1.24 bits per heavy atom. The van der Waals surface area contributed by atoms with Crippen LogP contribution in [0.5, 0.6) is 5.75 Å². The third kappa shape index (κ3) is 3.78. The first-order valence-corrected chi connectivity index (χ1v) is 9.36. The number of carbonyl (C=O) groups is 1. The number of hydrogen-bond acceptors (Lipinski definition) is 6. The maximum Gasteiger partial charge on any atom is 0.231 e. The summed E-state index contributed by atoms with van der Waals surface area (Å²) in [5.41, 5.74) is 8.39. The number of carbonyl (C=O) groups excluding carboxylic acids is 1. The first-order chi connectivity index (χ1) is 12.3. The lowest BCUT2D eigenvalue weighted by Gasteiger charge is -2.24. The summed E-state index contributed by atoms with van der Waals surface area (Å²) in [4.78, 5) is 16.2. The van der Waals surface area contributed by atoms with Gasteiger partial charge in [-0.3, -0.25) is 15.2 Å². The number of hydrazine groups is 1. The predicted molar refractivity (Wildman–Crippen MR) is 96.8 cm³/mol. The quantitative estimate of drug-likeness (QED) is 0.773. The number of ether oxygens (including phenoxy) is 1. The van der Waals surface area contributed by atoms with Gasteiger partial charge >= 0.3 is 0 Å². The van der Waals surface area contributed by atoms with Gasteiger partial charge in [-0.25, -0.2) is 5.43 Å². The molecule has 1 aromatic carbocycles. The maximum absolute atomic E-state index is 11.9. The monoisotopic (exact) mass is 356 g/mol. The van der Waals surface area contributed by atoms with Crippen molar-refractivity contribution in [2.75, 3.05) is 12.3 Å². The second kappa shape index (κ2) is 7.43. The average molecular weight is 356 g/mol. The van der Waals surface area contributed by atoms with Gasteiger partial charge in [-0.15, -0.1) is 11.8 Å². The van der Waals surface area contributed by atoms with Gasteiger partial charge < -0.3 is 10.1 Å². The summed E-state index contributed by atoms with van der Waals surface area (Å²) in [5.74, 6) is 1.66. The van der Waals surface area contributed by atoms with Crippen LogP contribution >= 0.6 is 11.8 Å². The van der Waals surface area contributed by atoms with Crippen LogP contribution < -0.4 is 20.9 Å². The third-order valence-electron chi connectivity index (χ3n) is 4.42. The zero-order valence-corrected chi connectivity index (χ0v) is 14.5. The Labute approximate surface area is 150 Å². The van der Waals surface area contributed by atoms with Gasteiger partial charge in [0.1, 0.15) is 12.4 Å². The Kier molecular flexibility index (Phi) is 4.87. The van der Waals surface area contributed by atoms with E-state index in [2.05, 4.69) is 33.3 Å². The fourth-order valence-corrected chi connectivity index (χ4v) is 4.46. The topological polar surface area (TPSA) is 75.3 Å². The molecule has 2 aliphatic heterocycles. The molecule has 3 unspecified atom stereocenters. The second-order valence-corrected chi connectivity index (χ2v) is 7.28. The van der Waals surface area contributed by atoms with Gasteiger partial charge in [-0.05, 0) is 29.8 Å². The summed E-state index contributed by atoms with van der Waals surface area (Å²) in [6, 6.07) is 13.9. The molecule has 2 aliphatic rings. The number of nitrogens with one attached hydrogen (secondary N) is 3.